The third kappa shape index (κ3) is 7.11. The summed E-state index contributed by atoms with van der Waals surface area (Å²) >= 11 is 5.84. The lowest BCUT2D eigenvalue weighted by molar-refractivity contribution is -0.122. The highest BCUT2D eigenvalue weighted by atomic mass is 35.5. The van der Waals surface area contributed by atoms with Crippen molar-refractivity contribution in [2.24, 2.45) is 5.14 Å². The number of nitrogens with one attached hydrogen (secondary N) is 2. The number of nitrogens with two attached hydrogens (primary N) is 1. The molecule has 3 aromatic rings. The molecule has 0 saturated heterocycles. The second kappa shape index (κ2) is 10.4. The van der Waals surface area contributed by atoms with Crippen LogP contribution in [-0.4, -0.2) is 28.8 Å². The largest absolute Gasteiger partial charge is 0.351 e. The van der Waals surface area contributed by atoms with Crippen LogP contribution in [-0.2, 0) is 37.8 Å². The van der Waals surface area contributed by atoms with Crippen LogP contribution in [0.15, 0.2) is 88.7 Å². The van der Waals surface area contributed by atoms with Crippen LogP contribution in [0.5, 0.6) is 0 Å². The van der Waals surface area contributed by atoms with Gasteiger partial charge in [0.1, 0.15) is 6.04 Å². The number of hydrogen-bond acceptors (Lipinski definition) is 5. The van der Waals surface area contributed by atoms with Gasteiger partial charge in [0.05, 0.1) is 9.79 Å². The lowest BCUT2D eigenvalue weighted by Crippen LogP contribution is -2.47. The first-order valence-electron chi connectivity index (χ1n) is 9.76. The van der Waals surface area contributed by atoms with Gasteiger partial charge in [0.25, 0.3) is 0 Å². The summed E-state index contributed by atoms with van der Waals surface area (Å²) in [5.74, 6) is -0.535. The van der Waals surface area contributed by atoms with Crippen molar-refractivity contribution in [3.8, 4) is 0 Å². The van der Waals surface area contributed by atoms with Gasteiger partial charge in [-0.15, -0.1) is 0 Å². The smallest absolute Gasteiger partial charge is 0.241 e. The molecule has 4 N–H and O–H groups in total. The number of carbonyl (C=O) groups excluding carboxylic acids is 1. The molecule has 1 atom stereocenters. The van der Waals surface area contributed by atoms with Gasteiger partial charge in [0.15, 0.2) is 0 Å². The molecule has 0 bridgehead atoms. The molecule has 33 heavy (non-hydrogen) atoms. The van der Waals surface area contributed by atoms with Crippen LogP contribution in [0.4, 0.5) is 0 Å². The molecule has 0 fully saturated rings. The minimum Gasteiger partial charge on any atom is -0.351 e. The lowest BCUT2D eigenvalue weighted by atomic mass is 10.1. The van der Waals surface area contributed by atoms with Crippen LogP contribution in [0.25, 0.3) is 0 Å². The predicted molar refractivity (Wildman–Crippen MR) is 125 cm³/mol. The average molecular weight is 508 g/mol. The maximum absolute atomic E-state index is 12.9. The van der Waals surface area contributed by atoms with E-state index in [1.165, 1.54) is 48.5 Å². The second-order valence-electron chi connectivity index (χ2n) is 7.22. The Balaban J connectivity index is 1.77. The number of primary sulfonamides is 1. The maximum Gasteiger partial charge on any atom is 0.241 e. The molecule has 0 aliphatic heterocycles. The summed E-state index contributed by atoms with van der Waals surface area (Å²) in [5, 5.41) is 8.17. The Morgan fingerprint density at radius 1 is 0.818 bits per heavy atom. The van der Waals surface area contributed by atoms with Gasteiger partial charge in [-0.05, 0) is 53.9 Å². The van der Waals surface area contributed by atoms with E-state index in [4.69, 9.17) is 16.7 Å². The van der Waals surface area contributed by atoms with Gasteiger partial charge < -0.3 is 5.32 Å². The zero-order valence-corrected chi connectivity index (χ0v) is 19.7. The van der Waals surface area contributed by atoms with Gasteiger partial charge in [-0.1, -0.05) is 54.1 Å². The fraction of sp³-hybridized carbons (Fsp3) is 0.136. The first kappa shape index (κ1) is 24.9. The Morgan fingerprint density at radius 3 is 1.97 bits per heavy atom. The number of halogens is 1. The fourth-order valence-corrected chi connectivity index (χ4v) is 4.85. The van der Waals surface area contributed by atoms with Gasteiger partial charge in [0.2, 0.25) is 26.0 Å². The summed E-state index contributed by atoms with van der Waals surface area (Å²) in [6, 6.07) is 19.2. The summed E-state index contributed by atoms with van der Waals surface area (Å²) in [5.41, 5.74) is 1.39. The Morgan fingerprint density at radius 2 is 1.39 bits per heavy atom. The van der Waals surface area contributed by atoms with E-state index in [0.29, 0.717) is 10.6 Å². The number of hydrogen-bond donors (Lipinski definition) is 3. The normalized spacial score (nSPS) is 12.8. The lowest BCUT2D eigenvalue weighted by Gasteiger charge is -2.19. The standard InChI is InChI=1S/C22H22ClN3O5S2/c23-18-8-12-20(13-9-18)33(30,31)26-21(14-16-4-2-1-3-5-16)22(27)25-15-17-6-10-19(11-7-17)32(24,28)29/h1-13,21,26H,14-15H2,(H,25,27)(H2,24,28,29)/t21-/m0/s1. The zero-order valence-electron chi connectivity index (χ0n) is 17.3. The fourth-order valence-electron chi connectivity index (χ4n) is 3.02. The maximum atomic E-state index is 12.9. The number of carbonyl (C=O) groups is 1. The van der Waals surface area contributed by atoms with Crippen LogP contribution in [0.1, 0.15) is 11.1 Å². The molecule has 0 heterocycles. The van der Waals surface area contributed by atoms with E-state index >= 15 is 0 Å². The molecule has 0 aliphatic rings. The number of benzene rings is 3. The summed E-state index contributed by atoms with van der Waals surface area (Å²) in [6.07, 6.45) is 0.129. The summed E-state index contributed by atoms with van der Waals surface area (Å²) in [4.78, 5) is 12.9. The van der Waals surface area contributed by atoms with Crippen LogP contribution < -0.4 is 15.2 Å². The van der Waals surface area contributed by atoms with E-state index in [1.54, 1.807) is 24.3 Å². The Hall–Kier alpha value is -2.76. The van der Waals surface area contributed by atoms with Crippen LogP contribution >= 0.6 is 11.6 Å². The van der Waals surface area contributed by atoms with Gasteiger partial charge in [-0.2, -0.15) is 4.72 Å². The Kier molecular flexibility index (Phi) is 7.88. The summed E-state index contributed by atoms with van der Waals surface area (Å²) in [7, 11) is -7.82. The molecule has 3 aromatic carbocycles. The monoisotopic (exact) mass is 507 g/mol. The SMILES string of the molecule is NS(=O)(=O)c1ccc(CNC(=O)[C@H](Cc2ccccc2)NS(=O)(=O)c2ccc(Cl)cc2)cc1. The van der Waals surface area contributed by atoms with Crippen molar-refractivity contribution in [1.29, 1.82) is 0 Å². The molecule has 0 aromatic heterocycles. The average Bonchev–Trinajstić information content (AvgIpc) is 2.77. The van der Waals surface area contributed by atoms with E-state index in [1.807, 2.05) is 6.07 Å². The first-order chi connectivity index (χ1) is 15.5. The van der Waals surface area contributed by atoms with Crippen molar-refractivity contribution in [2.45, 2.75) is 28.8 Å². The van der Waals surface area contributed by atoms with Crippen LogP contribution in [0.3, 0.4) is 0 Å². The minimum atomic E-state index is -4.00. The van der Waals surface area contributed by atoms with Gasteiger partial charge >= 0.3 is 0 Å². The molecule has 3 rings (SSSR count). The van der Waals surface area contributed by atoms with E-state index in [-0.39, 0.29) is 22.8 Å². The second-order valence-corrected chi connectivity index (χ2v) is 10.9. The van der Waals surface area contributed by atoms with Gasteiger partial charge in [0, 0.05) is 11.6 Å². The van der Waals surface area contributed by atoms with Crippen molar-refractivity contribution < 1.29 is 21.6 Å². The summed E-state index contributed by atoms with van der Waals surface area (Å²) in [6.45, 7) is 0.0672. The summed E-state index contributed by atoms with van der Waals surface area (Å²) < 4.78 is 50.9. The van der Waals surface area contributed by atoms with Crippen LogP contribution in [0.2, 0.25) is 5.02 Å². The van der Waals surface area contributed by atoms with E-state index < -0.39 is 32.0 Å². The Labute approximate surface area is 197 Å². The van der Waals surface area contributed by atoms with E-state index in [0.717, 1.165) is 5.56 Å². The number of sulfonamides is 2. The topological polar surface area (TPSA) is 135 Å². The highest BCUT2D eigenvalue weighted by Gasteiger charge is 2.26. The highest BCUT2D eigenvalue weighted by Crippen LogP contribution is 2.15. The molecule has 0 radical (unpaired) electrons. The molecule has 8 nitrogen and oxygen atoms in total. The van der Waals surface area contributed by atoms with Crippen molar-refractivity contribution in [1.82, 2.24) is 10.0 Å². The third-order valence-corrected chi connectivity index (χ3v) is 7.41. The highest BCUT2D eigenvalue weighted by molar-refractivity contribution is 7.89. The predicted octanol–water partition coefficient (Wildman–Crippen LogP) is 2.19. The van der Waals surface area contributed by atoms with Gasteiger partial charge in [-0.25, -0.2) is 22.0 Å². The van der Waals surface area contributed by atoms with Crippen molar-refractivity contribution in [3.63, 3.8) is 0 Å². The molecule has 0 spiro atoms. The molecule has 0 unspecified atom stereocenters. The molecular formula is C22H22ClN3O5S2. The molecule has 11 heteroatoms. The minimum absolute atomic E-state index is 0.0173. The van der Waals surface area contributed by atoms with E-state index in [2.05, 4.69) is 10.0 Å². The molecule has 174 valence electrons. The van der Waals surface area contributed by atoms with Gasteiger partial charge in [-0.3, -0.25) is 4.79 Å². The molecule has 0 saturated carbocycles. The van der Waals surface area contributed by atoms with Crippen LogP contribution in [0, 0.1) is 0 Å². The van der Waals surface area contributed by atoms with E-state index in [9.17, 15) is 21.6 Å². The molecule has 0 aliphatic carbocycles. The quantitative estimate of drug-likeness (QED) is 0.408. The van der Waals surface area contributed by atoms with Crippen molar-refractivity contribution in [3.05, 3.63) is 95.0 Å². The zero-order chi connectivity index (χ0) is 24.1. The number of amides is 1. The van der Waals surface area contributed by atoms with Crippen molar-refractivity contribution in [2.75, 3.05) is 0 Å². The third-order valence-electron chi connectivity index (χ3n) is 4.74. The molecular weight excluding hydrogens is 486 g/mol. The Bertz CT molecular complexity index is 1310. The van der Waals surface area contributed by atoms with Crippen molar-refractivity contribution >= 4 is 37.6 Å². The number of rotatable bonds is 9. The first-order valence-corrected chi connectivity index (χ1v) is 13.2. The molecule has 1 amide bonds.